The number of hydrogen-bond donors (Lipinski definition) is 3. The van der Waals surface area contributed by atoms with Gasteiger partial charge in [-0.25, -0.2) is 4.98 Å². The minimum atomic E-state index is -0.567. The van der Waals surface area contributed by atoms with Crippen LogP contribution in [0.4, 0.5) is 0 Å². The van der Waals surface area contributed by atoms with Crippen molar-refractivity contribution in [3.8, 4) is 0 Å². The number of para-hydroxylation sites is 2. The lowest BCUT2D eigenvalue weighted by atomic mass is 9.95. The summed E-state index contributed by atoms with van der Waals surface area (Å²) < 4.78 is 1.89. The van der Waals surface area contributed by atoms with Gasteiger partial charge in [-0.05, 0) is 52.7 Å². The summed E-state index contributed by atoms with van der Waals surface area (Å²) in [4.78, 5) is 47.3. The number of H-pyrrole nitrogens is 1. The van der Waals surface area contributed by atoms with Crippen molar-refractivity contribution in [2.45, 2.75) is 77.4 Å². The lowest BCUT2D eigenvalue weighted by Gasteiger charge is -2.26. The second-order valence-corrected chi connectivity index (χ2v) is 10.2. The molecule has 0 saturated heterocycles. The van der Waals surface area contributed by atoms with Gasteiger partial charge in [-0.3, -0.25) is 14.4 Å². The van der Waals surface area contributed by atoms with Gasteiger partial charge in [0.05, 0.1) is 17.1 Å². The SMILES string of the molecule is CC(NC(=O)c1cn(C2CCCCC2)cc(C(=O)NC(C)(C)C)c1=O)c1nc2ccccc2[nH]1. The number of pyridine rings is 1. The van der Waals surface area contributed by atoms with Crippen LogP contribution in [0.5, 0.6) is 0 Å². The first-order valence-corrected chi connectivity index (χ1v) is 12.0. The number of imidazole rings is 1. The molecule has 1 saturated carbocycles. The second kappa shape index (κ2) is 9.44. The van der Waals surface area contributed by atoms with E-state index in [-0.39, 0.29) is 17.2 Å². The summed E-state index contributed by atoms with van der Waals surface area (Å²) >= 11 is 0. The third-order valence-corrected chi connectivity index (χ3v) is 6.19. The van der Waals surface area contributed by atoms with Gasteiger partial charge in [-0.15, -0.1) is 0 Å². The van der Waals surface area contributed by atoms with Crippen LogP contribution in [0.1, 0.15) is 98.4 Å². The molecule has 3 N–H and O–H groups in total. The van der Waals surface area contributed by atoms with Crippen molar-refractivity contribution < 1.29 is 9.59 Å². The number of nitrogens with one attached hydrogen (secondary N) is 3. The largest absolute Gasteiger partial charge is 0.349 e. The van der Waals surface area contributed by atoms with Gasteiger partial charge in [-0.1, -0.05) is 31.4 Å². The zero-order chi connectivity index (χ0) is 24.5. The molecule has 0 aliphatic heterocycles. The molecule has 8 heteroatoms. The predicted octanol–water partition coefficient (Wildman–Crippen LogP) is 4.25. The second-order valence-electron chi connectivity index (χ2n) is 10.2. The molecule has 4 rings (SSSR count). The van der Waals surface area contributed by atoms with Crippen molar-refractivity contribution in [3.05, 3.63) is 63.8 Å². The van der Waals surface area contributed by atoms with Crippen molar-refractivity contribution in [1.29, 1.82) is 0 Å². The first-order chi connectivity index (χ1) is 16.1. The first kappa shape index (κ1) is 23.7. The number of hydrogen-bond acceptors (Lipinski definition) is 4. The summed E-state index contributed by atoms with van der Waals surface area (Å²) in [5.41, 5.74) is 0.564. The maximum atomic E-state index is 13.3. The first-order valence-electron chi connectivity index (χ1n) is 12.0. The number of aromatic nitrogens is 3. The van der Waals surface area contributed by atoms with Crippen LogP contribution >= 0.6 is 0 Å². The Balaban J connectivity index is 1.66. The van der Waals surface area contributed by atoms with Gasteiger partial charge in [0.25, 0.3) is 11.8 Å². The minimum absolute atomic E-state index is 0.00969. The molecule has 3 aromatic rings. The van der Waals surface area contributed by atoms with Gasteiger partial charge in [-0.2, -0.15) is 0 Å². The Kier molecular flexibility index (Phi) is 6.59. The van der Waals surface area contributed by atoms with E-state index in [0.29, 0.717) is 5.82 Å². The normalized spacial score (nSPS) is 15.8. The molecule has 1 atom stereocenters. The lowest BCUT2D eigenvalue weighted by molar-refractivity contribution is 0.0917. The van der Waals surface area contributed by atoms with Crippen LogP contribution in [0.25, 0.3) is 11.0 Å². The third kappa shape index (κ3) is 5.21. The van der Waals surface area contributed by atoms with E-state index in [2.05, 4.69) is 20.6 Å². The van der Waals surface area contributed by atoms with Gasteiger partial charge in [0.2, 0.25) is 5.43 Å². The number of carbonyl (C=O) groups excluding carboxylic acids is 2. The molecule has 0 spiro atoms. The van der Waals surface area contributed by atoms with E-state index >= 15 is 0 Å². The van der Waals surface area contributed by atoms with Crippen LogP contribution in [0.2, 0.25) is 0 Å². The van der Waals surface area contributed by atoms with Crippen molar-refractivity contribution >= 4 is 22.8 Å². The molecule has 34 heavy (non-hydrogen) atoms. The van der Waals surface area contributed by atoms with Gasteiger partial charge < -0.3 is 20.2 Å². The fraction of sp³-hybridized carbons (Fsp3) is 0.462. The van der Waals surface area contributed by atoms with Gasteiger partial charge in [0.1, 0.15) is 17.0 Å². The van der Waals surface area contributed by atoms with Crippen LogP contribution in [-0.2, 0) is 0 Å². The molecule has 2 aromatic heterocycles. The highest BCUT2D eigenvalue weighted by atomic mass is 16.2. The topological polar surface area (TPSA) is 109 Å². The summed E-state index contributed by atoms with van der Waals surface area (Å²) in [6.07, 6.45) is 8.48. The summed E-state index contributed by atoms with van der Waals surface area (Å²) in [6.45, 7) is 7.38. The highest BCUT2D eigenvalue weighted by Gasteiger charge is 2.26. The molecule has 1 aromatic carbocycles. The fourth-order valence-electron chi connectivity index (χ4n) is 4.44. The monoisotopic (exact) mass is 463 g/mol. The van der Waals surface area contributed by atoms with E-state index in [1.807, 2.05) is 56.5 Å². The summed E-state index contributed by atoms with van der Waals surface area (Å²) in [5.74, 6) is -0.390. The average molecular weight is 464 g/mol. The van der Waals surface area contributed by atoms with Crippen LogP contribution < -0.4 is 16.1 Å². The summed E-state index contributed by atoms with van der Waals surface area (Å²) in [6, 6.07) is 7.34. The Labute approximate surface area is 199 Å². The molecule has 0 bridgehead atoms. The Morgan fingerprint density at radius 3 is 2.35 bits per heavy atom. The van der Waals surface area contributed by atoms with Gasteiger partial charge in [0.15, 0.2) is 0 Å². The van der Waals surface area contributed by atoms with Crippen molar-refractivity contribution in [1.82, 2.24) is 25.2 Å². The Hall–Kier alpha value is -3.42. The lowest BCUT2D eigenvalue weighted by Crippen LogP contribution is -2.43. The smallest absolute Gasteiger partial charge is 0.257 e. The highest BCUT2D eigenvalue weighted by molar-refractivity contribution is 5.99. The van der Waals surface area contributed by atoms with Crippen molar-refractivity contribution in [2.75, 3.05) is 0 Å². The molecule has 1 unspecified atom stereocenters. The summed E-state index contributed by atoms with van der Waals surface area (Å²) in [7, 11) is 0. The molecule has 2 heterocycles. The Morgan fingerprint density at radius 1 is 1.06 bits per heavy atom. The van der Waals surface area contributed by atoms with Crippen LogP contribution in [0.15, 0.2) is 41.5 Å². The van der Waals surface area contributed by atoms with E-state index in [1.165, 1.54) is 6.42 Å². The van der Waals surface area contributed by atoms with Gasteiger partial charge >= 0.3 is 0 Å². The van der Waals surface area contributed by atoms with E-state index < -0.39 is 28.8 Å². The van der Waals surface area contributed by atoms with Gasteiger partial charge in [0, 0.05) is 24.0 Å². The maximum absolute atomic E-state index is 13.3. The van der Waals surface area contributed by atoms with Crippen molar-refractivity contribution in [3.63, 3.8) is 0 Å². The fourth-order valence-corrected chi connectivity index (χ4v) is 4.44. The molecule has 1 aliphatic rings. The maximum Gasteiger partial charge on any atom is 0.257 e. The third-order valence-electron chi connectivity index (χ3n) is 6.19. The van der Waals surface area contributed by atoms with E-state index in [0.717, 1.165) is 36.7 Å². The number of aromatic amines is 1. The number of fused-ring (bicyclic) bond motifs is 1. The zero-order valence-corrected chi connectivity index (χ0v) is 20.3. The van der Waals surface area contributed by atoms with E-state index in [1.54, 1.807) is 12.4 Å². The predicted molar refractivity (Wildman–Crippen MR) is 132 cm³/mol. The molecule has 0 radical (unpaired) electrons. The molecular formula is C26H33N5O3. The molecule has 180 valence electrons. The quantitative estimate of drug-likeness (QED) is 0.525. The number of rotatable bonds is 5. The number of benzene rings is 1. The van der Waals surface area contributed by atoms with Crippen LogP contribution in [0, 0.1) is 0 Å². The Morgan fingerprint density at radius 2 is 1.71 bits per heavy atom. The molecule has 1 aliphatic carbocycles. The molecular weight excluding hydrogens is 430 g/mol. The Bertz CT molecular complexity index is 1230. The number of amides is 2. The van der Waals surface area contributed by atoms with E-state index in [4.69, 9.17) is 0 Å². The highest BCUT2D eigenvalue weighted by Crippen LogP contribution is 2.28. The molecule has 1 fully saturated rings. The van der Waals surface area contributed by atoms with E-state index in [9.17, 15) is 14.4 Å². The average Bonchev–Trinajstić information content (AvgIpc) is 3.23. The number of nitrogens with zero attached hydrogens (tertiary/aromatic N) is 2. The number of carbonyl (C=O) groups is 2. The minimum Gasteiger partial charge on any atom is -0.349 e. The molecule has 8 nitrogen and oxygen atoms in total. The van der Waals surface area contributed by atoms with Crippen LogP contribution in [0.3, 0.4) is 0 Å². The standard InChI is InChI=1S/C26H33N5O3/c1-16(23-28-20-12-8-9-13-21(20)29-23)27-24(33)18-14-31(17-10-6-5-7-11-17)15-19(22(18)32)25(34)30-26(2,3)4/h8-9,12-17H,5-7,10-11H2,1-4H3,(H,27,33)(H,28,29)(H,30,34). The zero-order valence-electron chi connectivity index (χ0n) is 20.3. The van der Waals surface area contributed by atoms with Crippen molar-refractivity contribution in [2.24, 2.45) is 0 Å². The summed E-state index contributed by atoms with van der Waals surface area (Å²) in [5, 5.41) is 5.74. The molecule has 2 amide bonds. The van der Waals surface area contributed by atoms with Crippen LogP contribution in [-0.4, -0.2) is 31.9 Å².